The molecule has 0 aromatic carbocycles. The molecule has 0 radical (unpaired) electrons. The van der Waals surface area contributed by atoms with Gasteiger partial charge < -0.3 is 5.11 Å². The molecule has 10 heavy (non-hydrogen) atoms. The van der Waals surface area contributed by atoms with Crippen molar-refractivity contribution in [2.24, 2.45) is 0 Å². The minimum Gasteiger partial charge on any atom is -0.395 e. The van der Waals surface area contributed by atoms with E-state index in [9.17, 15) is 0 Å². The van der Waals surface area contributed by atoms with Crippen molar-refractivity contribution in [3.8, 4) is 0 Å². The van der Waals surface area contributed by atoms with E-state index in [4.69, 9.17) is 5.11 Å². The lowest BCUT2D eigenvalue weighted by Gasteiger charge is -2.18. The normalized spacial score (nSPS) is 22.5. The van der Waals surface area contributed by atoms with Crippen LogP contribution in [0, 0.1) is 0 Å². The van der Waals surface area contributed by atoms with Crippen LogP contribution in [-0.2, 0) is 0 Å². The maximum Gasteiger partial charge on any atom is 0.0572 e. The van der Waals surface area contributed by atoms with Crippen LogP contribution in [0.2, 0.25) is 0 Å². The molecule has 1 fully saturated rings. The highest BCUT2D eigenvalue weighted by Crippen LogP contribution is 2.00. The molecule has 0 unspecified atom stereocenters. The Kier molecular flexibility index (Phi) is 3.72. The highest BCUT2D eigenvalue weighted by Gasteiger charge is 2.05. The van der Waals surface area contributed by atoms with E-state index in [0.29, 0.717) is 0 Å². The van der Waals surface area contributed by atoms with Gasteiger partial charge in [0.05, 0.1) is 6.61 Å². The topological polar surface area (TPSA) is 35.5 Å². The van der Waals surface area contributed by atoms with Crippen molar-refractivity contribution in [2.75, 3.05) is 26.2 Å². The molecule has 0 spiro atoms. The first-order valence-electron chi connectivity index (χ1n) is 4.03. The van der Waals surface area contributed by atoms with Gasteiger partial charge in [-0.3, -0.25) is 5.43 Å². The molecule has 0 atom stereocenters. The monoisotopic (exact) mass is 144 g/mol. The molecule has 0 saturated carbocycles. The van der Waals surface area contributed by atoms with Gasteiger partial charge in [-0.05, 0) is 12.8 Å². The van der Waals surface area contributed by atoms with Gasteiger partial charge in [-0.1, -0.05) is 6.42 Å². The fourth-order valence-corrected chi connectivity index (χ4v) is 1.23. The zero-order chi connectivity index (χ0) is 7.23. The Morgan fingerprint density at radius 1 is 1.30 bits per heavy atom. The second kappa shape index (κ2) is 4.66. The molecular formula is C7H16N2O. The SMILES string of the molecule is OCCN1CCCCCN1. The molecule has 1 rings (SSSR count). The molecule has 3 heteroatoms. The van der Waals surface area contributed by atoms with Gasteiger partial charge >= 0.3 is 0 Å². The fourth-order valence-electron chi connectivity index (χ4n) is 1.23. The first-order valence-corrected chi connectivity index (χ1v) is 4.03. The molecule has 1 saturated heterocycles. The number of rotatable bonds is 2. The van der Waals surface area contributed by atoms with Crippen molar-refractivity contribution < 1.29 is 5.11 Å². The van der Waals surface area contributed by atoms with Gasteiger partial charge in [-0.15, -0.1) is 0 Å². The summed E-state index contributed by atoms with van der Waals surface area (Å²) in [6.07, 6.45) is 3.84. The van der Waals surface area contributed by atoms with Crippen LogP contribution in [0.4, 0.5) is 0 Å². The molecular weight excluding hydrogens is 128 g/mol. The summed E-state index contributed by atoms with van der Waals surface area (Å²) in [6, 6.07) is 0. The van der Waals surface area contributed by atoms with E-state index < -0.39 is 0 Å². The van der Waals surface area contributed by atoms with Gasteiger partial charge in [0.2, 0.25) is 0 Å². The molecule has 0 amide bonds. The zero-order valence-corrected chi connectivity index (χ0v) is 6.34. The first-order chi connectivity index (χ1) is 4.93. The number of aliphatic hydroxyl groups is 1. The van der Waals surface area contributed by atoms with E-state index in [-0.39, 0.29) is 6.61 Å². The van der Waals surface area contributed by atoms with Gasteiger partial charge in [-0.25, -0.2) is 5.01 Å². The van der Waals surface area contributed by atoms with Crippen molar-refractivity contribution in [3.05, 3.63) is 0 Å². The summed E-state index contributed by atoms with van der Waals surface area (Å²) in [7, 11) is 0. The number of β-amino-alcohol motifs (C(OH)–C–C–N with tert-alkyl or cyclic N) is 1. The quantitative estimate of drug-likeness (QED) is 0.571. The van der Waals surface area contributed by atoms with Crippen LogP contribution >= 0.6 is 0 Å². The molecule has 1 aliphatic rings. The molecule has 2 N–H and O–H groups in total. The predicted octanol–water partition coefficient (Wildman–Crippen LogP) is -0.0308. The van der Waals surface area contributed by atoms with E-state index in [1.165, 1.54) is 19.3 Å². The van der Waals surface area contributed by atoms with E-state index in [0.717, 1.165) is 19.6 Å². The Morgan fingerprint density at radius 2 is 2.20 bits per heavy atom. The summed E-state index contributed by atoms with van der Waals surface area (Å²) in [6.45, 7) is 3.17. The summed E-state index contributed by atoms with van der Waals surface area (Å²) in [5, 5.41) is 10.7. The van der Waals surface area contributed by atoms with E-state index in [1.807, 2.05) is 0 Å². The zero-order valence-electron chi connectivity index (χ0n) is 6.34. The van der Waals surface area contributed by atoms with E-state index >= 15 is 0 Å². The molecule has 60 valence electrons. The second-order valence-electron chi connectivity index (χ2n) is 2.68. The third-order valence-electron chi connectivity index (χ3n) is 1.81. The molecule has 0 aromatic rings. The van der Waals surface area contributed by atoms with Crippen molar-refractivity contribution in [2.45, 2.75) is 19.3 Å². The predicted molar refractivity (Wildman–Crippen MR) is 40.5 cm³/mol. The summed E-state index contributed by atoms with van der Waals surface area (Å²) in [5.74, 6) is 0. The summed E-state index contributed by atoms with van der Waals surface area (Å²) >= 11 is 0. The van der Waals surface area contributed by atoms with Gasteiger partial charge in [0, 0.05) is 19.6 Å². The number of hydrazine groups is 1. The van der Waals surface area contributed by atoms with Crippen molar-refractivity contribution in [3.63, 3.8) is 0 Å². The van der Waals surface area contributed by atoms with E-state index in [2.05, 4.69) is 10.4 Å². The smallest absolute Gasteiger partial charge is 0.0572 e. The summed E-state index contributed by atoms with van der Waals surface area (Å²) in [4.78, 5) is 0. The average Bonchev–Trinajstić information content (AvgIpc) is 2.17. The molecule has 0 bridgehead atoms. The number of nitrogens with one attached hydrogen (secondary N) is 1. The van der Waals surface area contributed by atoms with Crippen LogP contribution in [0.5, 0.6) is 0 Å². The summed E-state index contributed by atoms with van der Waals surface area (Å²) < 4.78 is 0. The Labute approximate surface area is 62.0 Å². The van der Waals surface area contributed by atoms with Crippen molar-refractivity contribution in [1.29, 1.82) is 0 Å². The lowest BCUT2D eigenvalue weighted by Crippen LogP contribution is -2.39. The first kappa shape index (κ1) is 7.98. The van der Waals surface area contributed by atoms with Gasteiger partial charge in [-0.2, -0.15) is 0 Å². The van der Waals surface area contributed by atoms with Gasteiger partial charge in [0.15, 0.2) is 0 Å². The maximum absolute atomic E-state index is 8.63. The lowest BCUT2D eigenvalue weighted by molar-refractivity contribution is 0.151. The number of nitrogens with zero attached hydrogens (tertiary/aromatic N) is 1. The van der Waals surface area contributed by atoms with E-state index in [1.54, 1.807) is 0 Å². The second-order valence-corrected chi connectivity index (χ2v) is 2.68. The minimum absolute atomic E-state index is 0.257. The number of hydrogen-bond acceptors (Lipinski definition) is 3. The highest BCUT2D eigenvalue weighted by atomic mass is 16.3. The van der Waals surface area contributed by atoms with Crippen LogP contribution in [0.25, 0.3) is 0 Å². The molecule has 1 aliphatic heterocycles. The van der Waals surface area contributed by atoms with Crippen LogP contribution in [-0.4, -0.2) is 36.4 Å². The largest absolute Gasteiger partial charge is 0.395 e. The fraction of sp³-hybridized carbons (Fsp3) is 1.00. The average molecular weight is 144 g/mol. The lowest BCUT2D eigenvalue weighted by atomic mass is 10.2. The maximum atomic E-state index is 8.63. The molecule has 1 heterocycles. The third-order valence-corrected chi connectivity index (χ3v) is 1.81. The van der Waals surface area contributed by atoms with Crippen LogP contribution < -0.4 is 5.43 Å². The van der Waals surface area contributed by atoms with Crippen LogP contribution in [0.3, 0.4) is 0 Å². The summed E-state index contributed by atoms with van der Waals surface area (Å²) in [5.41, 5.74) is 3.26. The van der Waals surface area contributed by atoms with Gasteiger partial charge in [0.1, 0.15) is 0 Å². The minimum atomic E-state index is 0.257. The highest BCUT2D eigenvalue weighted by molar-refractivity contribution is 4.57. The Balaban J connectivity index is 2.15. The standard InChI is InChI=1S/C7H16N2O/c10-7-6-9-5-3-1-2-4-8-9/h8,10H,1-7H2. The number of hydrogen-bond donors (Lipinski definition) is 2. The van der Waals surface area contributed by atoms with Crippen molar-refractivity contribution in [1.82, 2.24) is 10.4 Å². The van der Waals surface area contributed by atoms with Crippen molar-refractivity contribution >= 4 is 0 Å². The number of aliphatic hydroxyl groups excluding tert-OH is 1. The Morgan fingerprint density at radius 3 is 3.00 bits per heavy atom. The molecule has 0 aromatic heterocycles. The van der Waals surface area contributed by atoms with Crippen LogP contribution in [0.1, 0.15) is 19.3 Å². The van der Waals surface area contributed by atoms with Gasteiger partial charge in [0.25, 0.3) is 0 Å². The van der Waals surface area contributed by atoms with Crippen LogP contribution in [0.15, 0.2) is 0 Å². The molecule has 0 aliphatic carbocycles. The Hall–Kier alpha value is -0.120. The third kappa shape index (κ3) is 2.64. The Bertz CT molecular complexity index is 79.7. The molecule has 3 nitrogen and oxygen atoms in total.